The topological polar surface area (TPSA) is 66.9 Å². The third-order valence-electron chi connectivity index (χ3n) is 4.42. The predicted octanol–water partition coefficient (Wildman–Crippen LogP) is 2.73. The molecule has 0 heterocycles. The molecular formula is C19H23FN2O4S. The highest BCUT2D eigenvalue weighted by molar-refractivity contribution is 7.89. The summed E-state index contributed by atoms with van der Waals surface area (Å²) in [6.45, 7) is 3.50. The fourth-order valence-corrected chi connectivity index (χ4v) is 3.76. The maximum Gasteiger partial charge on any atom is 0.247 e. The predicted molar refractivity (Wildman–Crippen MR) is 102 cm³/mol. The van der Waals surface area contributed by atoms with E-state index in [1.165, 1.54) is 25.1 Å². The number of ether oxygens (including phenoxy) is 1. The van der Waals surface area contributed by atoms with Gasteiger partial charge in [-0.25, -0.2) is 12.8 Å². The van der Waals surface area contributed by atoms with Gasteiger partial charge in [-0.2, -0.15) is 4.31 Å². The summed E-state index contributed by atoms with van der Waals surface area (Å²) >= 11 is 0. The normalized spacial score (nSPS) is 11.5. The lowest BCUT2D eigenvalue weighted by Crippen LogP contribution is -2.39. The second kappa shape index (κ2) is 8.06. The number of anilines is 1. The molecule has 0 fully saturated rings. The van der Waals surface area contributed by atoms with E-state index in [2.05, 4.69) is 0 Å². The zero-order valence-electron chi connectivity index (χ0n) is 16.0. The van der Waals surface area contributed by atoms with Crippen molar-refractivity contribution in [1.82, 2.24) is 4.31 Å². The molecule has 1 amide bonds. The van der Waals surface area contributed by atoms with Crippen molar-refractivity contribution in [3.8, 4) is 5.75 Å². The summed E-state index contributed by atoms with van der Waals surface area (Å²) in [5.74, 6) is -1.11. The molecule has 0 radical (unpaired) electrons. The van der Waals surface area contributed by atoms with E-state index < -0.39 is 28.3 Å². The standard InChI is InChI=1S/C19H23FN2O4S/c1-13-6-8-16(10-14(13)2)22(4)19(23)12-21(3)27(24,25)18-11-15(20)7-9-17(18)26-5/h6-11H,12H2,1-5H3. The molecule has 0 aliphatic heterocycles. The first-order chi connectivity index (χ1) is 12.6. The van der Waals surface area contributed by atoms with Gasteiger partial charge in [0.25, 0.3) is 0 Å². The SMILES string of the molecule is COc1ccc(F)cc1S(=O)(=O)N(C)CC(=O)N(C)c1ccc(C)c(C)c1. The summed E-state index contributed by atoms with van der Waals surface area (Å²) < 4.78 is 45.0. The number of halogens is 1. The molecule has 2 rings (SSSR count). The van der Waals surface area contributed by atoms with Crippen LogP contribution >= 0.6 is 0 Å². The number of hydrogen-bond donors (Lipinski definition) is 0. The maximum absolute atomic E-state index is 13.5. The van der Waals surface area contributed by atoms with Gasteiger partial charge in [0.2, 0.25) is 15.9 Å². The Labute approximate surface area is 159 Å². The zero-order chi connectivity index (χ0) is 20.4. The van der Waals surface area contributed by atoms with Gasteiger partial charge in [0, 0.05) is 19.8 Å². The maximum atomic E-state index is 13.5. The Bertz CT molecular complexity index is 960. The number of hydrogen-bond acceptors (Lipinski definition) is 4. The van der Waals surface area contributed by atoms with Crippen LogP contribution in [0.5, 0.6) is 5.75 Å². The van der Waals surface area contributed by atoms with Crippen molar-refractivity contribution in [3.05, 3.63) is 53.3 Å². The lowest BCUT2D eigenvalue weighted by atomic mass is 10.1. The lowest BCUT2D eigenvalue weighted by Gasteiger charge is -2.23. The van der Waals surface area contributed by atoms with E-state index in [9.17, 15) is 17.6 Å². The molecule has 0 saturated carbocycles. The van der Waals surface area contributed by atoms with E-state index in [0.29, 0.717) is 5.69 Å². The van der Waals surface area contributed by atoms with Gasteiger partial charge in [-0.3, -0.25) is 4.79 Å². The highest BCUT2D eigenvalue weighted by Crippen LogP contribution is 2.27. The van der Waals surface area contributed by atoms with Crippen LogP contribution in [0.3, 0.4) is 0 Å². The van der Waals surface area contributed by atoms with Crippen molar-refractivity contribution >= 4 is 21.6 Å². The molecule has 0 spiro atoms. The molecule has 6 nitrogen and oxygen atoms in total. The number of carbonyl (C=O) groups is 1. The molecule has 0 atom stereocenters. The molecule has 8 heteroatoms. The quantitative estimate of drug-likeness (QED) is 0.756. The van der Waals surface area contributed by atoms with Crippen LogP contribution in [-0.4, -0.2) is 46.4 Å². The van der Waals surface area contributed by atoms with E-state index in [-0.39, 0.29) is 10.6 Å². The first-order valence-corrected chi connectivity index (χ1v) is 9.65. The molecule has 0 bridgehead atoms. The minimum Gasteiger partial charge on any atom is -0.495 e. The van der Waals surface area contributed by atoms with Crippen molar-refractivity contribution < 1.29 is 22.3 Å². The number of carbonyl (C=O) groups excluding carboxylic acids is 1. The Kier molecular flexibility index (Phi) is 6.22. The number of sulfonamides is 1. The summed E-state index contributed by atoms with van der Waals surface area (Å²) in [4.78, 5) is 13.6. The first kappa shape index (κ1) is 20.9. The first-order valence-electron chi connectivity index (χ1n) is 8.21. The number of amides is 1. The van der Waals surface area contributed by atoms with Gasteiger partial charge in [-0.15, -0.1) is 0 Å². The minimum atomic E-state index is -4.11. The van der Waals surface area contributed by atoms with Gasteiger partial charge in [-0.1, -0.05) is 6.07 Å². The third kappa shape index (κ3) is 4.45. The van der Waals surface area contributed by atoms with Crippen molar-refractivity contribution in [3.63, 3.8) is 0 Å². The Balaban J connectivity index is 2.24. The van der Waals surface area contributed by atoms with Gasteiger partial charge < -0.3 is 9.64 Å². The summed E-state index contributed by atoms with van der Waals surface area (Å²) in [6, 6.07) is 8.77. The second-order valence-corrected chi connectivity index (χ2v) is 8.29. The summed E-state index contributed by atoms with van der Waals surface area (Å²) in [6.07, 6.45) is 0. The second-order valence-electron chi connectivity index (χ2n) is 6.28. The van der Waals surface area contributed by atoms with Crippen LogP contribution in [0.25, 0.3) is 0 Å². The minimum absolute atomic E-state index is 0.0122. The fraction of sp³-hybridized carbons (Fsp3) is 0.316. The van der Waals surface area contributed by atoms with Crippen LogP contribution in [0.15, 0.2) is 41.3 Å². The van der Waals surface area contributed by atoms with Crippen LogP contribution in [0, 0.1) is 19.7 Å². The van der Waals surface area contributed by atoms with Crippen LogP contribution in [0.2, 0.25) is 0 Å². The molecule has 0 aliphatic rings. The number of likely N-dealkylation sites (N-methyl/N-ethyl adjacent to an activating group) is 2. The van der Waals surface area contributed by atoms with Crippen molar-refractivity contribution in [2.24, 2.45) is 0 Å². The highest BCUT2D eigenvalue weighted by atomic mass is 32.2. The van der Waals surface area contributed by atoms with E-state index in [0.717, 1.165) is 27.6 Å². The molecular weight excluding hydrogens is 371 g/mol. The average molecular weight is 394 g/mol. The molecule has 2 aromatic carbocycles. The number of aryl methyl sites for hydroxylation is 2. The van der Waals surface area contributed by atoms with Crippen LogP contribution < -0.4 is 9.64 Å². The number of rotatable bonds is 6. The van der Waals surface area contributed by atoms with E-state index >= 15 is 0 Å². The van der Waals surface area contributed by atoms with Gasteiger partial charge in [0.15, 0.2) is 0 Å². The molecule has 146 valence electrons. The largest absolute Gasteiger partial charge is 0.495 e. The van der Waals surface area contributed by atoms with Crippen molar-refractivity contribution in [1.29, 1.82) is 0 Å². The fourth-order valence-electron chi connectivity index (χ4n) is 2.48. The molecule has 0 unspecified atom stereocenters. The Morgan fingerprint density at radius 2 is 1.74 bits per heavy atom. The Morgan fingerprint density at radius 1 is 1.07 bits per heavy atom. The van der Waals surface area contributed by atoms with E-state index in [1.807, 2.05) is 26.0 Å². The average Bonchev–Trinajstić information content (AvgIpc) is 2.63. The van der Waals surface area contributed by atoms with Gasteiger partial charge in [0.1, 0.15) is 16.5 Å². The molecule has 0 N–H and O–H groups in total. The monoisotopic (exact) mass is 394 g/mol. The summed E-state index contributed by atoms with van der Waals surface area (Å²) in [5, 5.41) is 0. The number of nitrogens with zero attached hydrogens (tertiary/aromatic N) is 2. The van der Waals surface area contributed by atoms with E-state index in [1.54, 1.807) is 13.1 Å². The zero-order valence-corrected chi connectivity index (χ0v) is 16.8. The molecule has 27 heavy (non-hydrogen) atoms. The van der Waals surface area contributed by atoms with Gasteiger partial charge >= 0.3 is 0 Å². The number of benzene rings is 2. The summed E-state index contributed by atoms with van der Waals surface area (Å²) in [7, 11) is 0.0362. The third-order valence-corrected chi connectivity index (χ3v) is 6.25. The van der Waals surface area contributed by atoms with Crippen LogP contribution in [0.1, 0.15) is 11.1 Å². The molecule has 0 aliphatic carbocycles. The Hall–Kier alpha value is -2.45. The smallest absolute Gasteiger partial charge is 0.247 e. The van der Waals surface area contributed by atoms with E-state index in [4.69, 9.17) is 4.74 Å². The molecule has 0 aromatic heterocycles. The number of methoxy groups -OCH3 is 1. The molecule has 2 aromatic rings. The van der Waals surface area contributed by atoms with Crippen LogP contribution in [-0.2, 0) is 14.8 Å². The summed E-state index contributed by atoms with van der Waals surface area (Å²) in [5.41, 5.74) is 2.78. The van der Waals surface area contributed by atoms with Crippen molar-refractivity contribution in [2.75, 3.05) is 32.6 Å². The molecule has 0 saturated heterocycles. The van der Waals surface area contributed by atoms with Crippen LogP contribution in [0.4, 0.5) is 10.1 Å². The van der Waals surface area contributed by atoms with Crippen molar-refractivity contribution in [2.45, 2.75) is 18.7 Å². The van der Waals surface area contributed by atoms with Gasteiger partial charge in [0.05, 0.1) is 13.7 Å². The van der Waals surface area contributed by atoms with Gasteiger partial charge in [-0.05, 0) is 55.3 Å². The highest BCUT2D eigenvalue weighted by Gasteiger charge is 2.28. The Morgan fingerprint density at radius 3 is 2.33 bits per heavy atom. The lowest BCUT2D eigenvalue weighted by molar-refractivity contribution is -0.118.